The molecule has 0 bridgehead atoms. The Morgan fingerprint density at radius 2 is 1.03 bits per heavy atom. The summed E-state index contributed by atoms with van der Waals surface area (Å²) in [6, 6.07) is -1.04. The minimum atomic E-state index is -1.63. The van der Waals surface area contributed by atoms with Crippen LogP contribution in [0.3, 0.4) is 0 Å². The van der Waals surface area contributed by atoms with Crippen LogP contribution in [-0.4, -0.2) is 99.6 Å². The molecule has 0 radical (unpaired) electrons. The molecule has 0 spiro atoms. The molecule has 0 aromatic rings. The van der Waals surface area contributed by atoms with Gasteiger partial charge in [0.05, 0.1) is 25.4 Å². The van der Waals surface area contributed by atoms with Gasteiger partial charge in [-0.25, -0.2) is 0 Å². The number of rotatable bonds is 48. The second kappa shape index (κ2) is 50.4. The topological polar surface area (TPSA) is 175 Å². The van der Waals surface area contributed by atoms with Crippen molar-refractivity contribution in [1.29, 1.82) is 0 Å². The molecule has 0 aliphatic carbocycles. The van der Waals surface area contributed by atoms with Crippen molar-refractivity contribution >= 4 is 11.9 Å². The SMILES string of the molecule is CC/C=C/C=C/C=C/CCCCCCCCC(O)C(=O)NC(COC1OC(CO)C(O)C(O)C1OC(=O)CCCCC/C=C\C/C=C\C/C=C\C/C=C\CCCCC)C(O)/C=C/CCCCCCCCCCCC. The molecule has 0 aromatic carbocycles. The third-order valence-electron chi connectivity index (χ3n) is 13.3. The van der Waals surface area contributed by atoms with E-state index in [-0.39, 0.29) is 19.4 Å². The average molecular weight is 1040 g/mol. The van der Waals surface area contributed by atoms with Crippen LogP contribution in [0.15, 0.2) is 97.2 Å². The summed E-state index contributed by atoms with van der Waals surface area (Å²) in [5, 5.41) is 56.8. The maximum Gasteiger partial charge on any atom is 0.306 e. The second-order valence-corrected chi connectivity index (χ2v) is 20.1. The molecule has 11 heteroatoms. The van der Waals surface area contributed by atoms with Gasteiger partial charge in [-0.1, -0.05) is 227 Å². The molecule has 424 valence electrons. The molecule has 8 unspecified atom stereocenters. The summed E-state index contributed by atoms with van der Waals surface area (Å²) in [5.41, 5.74) is 0. The first kappa shape index (κ1) is 68.6. The molecule has 6 N–H and O–H groups in total. The van der Waals surface area contributed by atoms with E-state index in [0.29, 0.717) is 12.8 Å². The van der Waals surface area contributed by atoms with Crippen molar-refractivity contribution in [2.75, 3.05) is 13.2 Å². The number of unbranched alkanes of at least 4 members (excludes halogenated alkanes) is 22. The molecule has 0 aromatic heterocycles. The standard InChI is InChI=1S/C63H107NO10/c1-4-7-10-13-16-19-22-25-27-28-29-30-31-33-36-39-42-45-48-51-58(68)74-61-60(70)59(69)57(52-65)73-63(61)72-53-54(55(66)49-46-43-40-37-34-24-21-18-15-12-9-6-3)64-62(71)56(67)50-47-44-41-38-35-32-26-23-20-17-14-11-8-5-2/h8,11,14,16-17,19-20,23,25,27,29-30,33,36,46,49,54-57,59-61,63,65-67,69-70H,4-7,9-10,12-13,15,18,21-22,24,26,28,31-32,34-35,37-45,47-48,50-53H2,1-3H3,(H,64,71)/b11-8+,17-14+,19-16-,23-20+,27-25-,30-29-,36-33-,49-46+. The summed E-state index contributed by atoms with van der Waals surface area (Å²) in [7, 11) is 0. The minimum absolute atomic E-state index is 0.0798. The lowest BCUT2D eigenvalue weighted by Crippen LogP contribution is -2.61. The summed E-state index contributed by atoms with van der Waals surface area (Å²) in [5.74, 6) is -1.25. The fourth-order valence-electron chi connectivity index (χ4n) is 8.57. The van der Waals surface area contributed by atoms with Crippen LogP contribution in [0.2, 0.25) is 0 Å². The lowest BCUT2D eigenvalue weighted by Gasteiger charge is -2.41. The molecular weight excluding hydrogens is 931 g/mol. The fraction of sp³-hybridized carbons (Fsp3) is 0.714. The first-order chi connectivity index (χ1) is 36.2. The van der Waals surface area contributed by atoms with Crippen molar-refractivity contribution in [1.82, 2.24) is 5.32 Å². The monoisotopic (exact) mass is 1040 g/mol. The van der Waals surface area contributed by atoms with E-state index in [0.717, 1.165) is 109 Å². The maximum absolute atomic E-state index is 13.4. The summed E-state index contributed by atoms with van der Waals surface area (Å²) < 4.78 is 17.6. The van der Waals surface area contributed by atoms with Crippen LogP contribution in [0.25, 0.3) is 0 Å². The van der Waals surface area contributed by atoms with E-state index in [1.165, 1.54) is 70.6 Å². The number of aliphatic hydroxyl groups excluding tert-OH is 5. The Labute approximate surface area is 450 Å². The van der Waals surface area contributed by atoms with E-state index in [4.69, 9.17) is 14.2 Å². The minimum Gasteiger partial charge on any atom is -0.454 e. The number of carbonyl (C=O) groups is 2. The van der Waals surface area contributed by atoms with Gasteiger partial charge >= 0.3 is 5.97 Å². The Balaban J connectivity index is 2.74. The Morgan fingerprint density at radius 1 is 0.554 bits per heavy atom. The zero-order valence-electron chi connectivity index (χ0n) is 46.7. The molecule has 1 heterocycles. The van der Waals surface area contributed by atoms with Crippen LogP contribution in [0.5, 0.6) is 0 Å². The van der Waals surface area contributed by atoms with Crippen LogP contribution in [0.1, 0.15) is 226 Å². The lowest BCUT2D eigenvalue weighted by molar-refractivity contribution is -0.305. The highest BCUT2D eigenvalue weighted by Gasteiger charge is 2.47. The van der Waals surface area contributed by atoms with E-state index in [1.807, 2.05) is 18.2 Å². The zero-order chi connectivity index (χ0) is 54.0. The van der Waals surface area contributed by atoms with E-state index in [2.05, 4.69) is 99.0 Å². The molecule has 0 saturated carbocycles. The summed E-state index contributed by atoms with van der Waals surface area (Å²) in [4.78, 5) is 26.5. The van der Waals surface area contributed by atoms with Crippen LogP contribution in [0, 0.1) is 0 Å². The van der Waals surface area contributed by atoms with E-state index >= 15 is 0 Å². The Hall–Kier alpha value is -3.42. The lowest BCUT2D eigenvalue weighted by atomic mass is 9.99. The number of hydrogen-bond acceptors (Lipinski definition) is 10. The predicted molar refractivity (Wildman–Crippen MR) is 305 cm³/mol. The maximum atomic E-state index is 13.4. The largest absolute Gasteiger partial charge is 0.454 e. The van der Waals surface area contributed by atoms with Gasteiger partial charge in [-0.2, -0.15) is 0 Å². The van der Waals surface area contributed by atoms with Crippen molar-refractivity contribution in [3.8, 4) is 0 Å². The smallest absolute Gasteiger partial charge is 0.306 e. The number of nitrogens with one attached hydrogen (secondary N) is 1. The number of amides is 1. The van der Waals surface area contributed by atoms with Gasteiger partial charge in [0.25, 0.3) is 0 Å². The summed E-state index contributed by atoms with van der Waals surface area (Å²) in [6.45, 7) is 5.58. The van der Waals surface area contributed by atoms with Gasteiger partial charge in [0.1, 0.15) is 24.4 Å². The molecule has 74 heavy (non-hydrogen) atoms. The quantitative estimate of drug-likeness (QED) is 0.0149. The Kier molecular flexibility index (Phi) is 46.7. The number of aliphatic hydroxyl groups is 5. The number of hydrogen-bond donors (Lipinski definition) is 6. The van der Waals surface area contributed by atoms with Gasteiger partial charge in [-0.15, -0.1) is 0 Å². The predicted octanol–water partition coefficient (Wildman–Crippen LogP) is 13.6. The first-order valence-electron chi connectivity index (χ1n) is 29.5. The molecular formula is C63H107NO10. The van der Waals surface area contributed by atoms with Gasteiger partial charge in [0.2, 0.25) is 5.91 Å². The Morgan fingerprint density at radius 3 is 1.59 bits per heavy atom. The molecule has 1 rings (SSSR count). The Bertz CT molecular complexity index is 1570. The van der Waals surface area contributed by atoms with Gasteiger partial charge in [-0.3, -0.25) is 9.59 Å². The third-order valence-corrected chi connectivity index (χ3v) is 13.3. The molecule has 11 nitrogen and oxygen atoms in total. The molecule has 1 aliphatic heterocycles. The number of ether oxygens (including phenoxy) is 3. The van der Waals surface area contributed by atoms with Gasteiger partial charge < -0.3 is 45.1 Å². The van der Waals surface area contributed by atoms with Gasteiger partial charge in [0, 0.05) is 6.42 Å². The van der Waals surface area contributed by atoms with E-state index < -0.39 is 67.4 Å². The van der Waals surface area contributed by atoms with Crippen molar-refractivity contribution in [3.05, 3.63) is 97.2 Å². The summed E-state index contributed by atoms with van der Waals surface area (Å²) in [6.07, 6.45) is 55.8. The van der Waals surface area contributed by atoms with Crippen molar-refractivity contribution in [3.63, 3.8) is 0 Å². The first-order valence-corrected chi connectivity index (χ1v) is 29.5. The normalized spacial score (nSPS) is 20.0. The number of allylic oxidation sites excluding steroid dienone is 15. The molecule has 1 aliphatic rings. The van der Waals surface area contributed by atoms with E-state index in [1.54, 1.807) is 6.08 Å². The van der Waals surface area contributed by atoms with Crippen molar-refractivity contribution in [2.24, 2.45) is 0 Å². The second-order valence-electron chi connectivity index (χ2n) is 20.1. The third kappa shape index (κ3) is 38.2. The van der Waals surface area contributed by atoms with Crippen LogP contribution in [-0.2, 0) is 23.8 Å². The molecule has 1 amide bonds. The number of carbonyl (C=O) groups excluding carboxylic acids is 2. The average Bonchev–Trinajstić information content (AvgIpc) is 3.40. The van der Waals surface area contributed by atoms with Crippen LogP contribution >= 0.6 is 0 Å². The zero-order valence-corrected chi connectivity index (χ0v) is 46.7. The molecule has 1 fully saturated rings. The van der Waals surface area contributed by atoms with E-state index in [9.17, 15) is 35.1 Å². The molecule has 1 saturated heterocycles. The highest BCUT2D eigenvalue weighted by atomic mass is 16.7. The molecule has 8 atom stereocenters. The van der Waals surface area contributed by atoms with Crippen molar-refractivity contribution < 1.29 is 49.3 Å². The van der Waals surface area contributed by atoms with Crippen LogP contribution in [0.4, 0.5) is 0 Å². The van der Waals surface area contributed by atoms with Gasteiger partial charge in [-0.05, 0) is 89.9 Å². The van der Waals surface area contributed by atoms with Gasteiger partial charge in [0.15, 0.2) is 12.4 Å². The number of esters is 1. The van der Waals surface area contributed by atoms with Crippen LogP contribution < -0.4 is 5.32 Å². The fourth-order valence-corrected chi connectivity index (χ4v) is 8.57. The highest BCUT2D eigenvalue weighted by molar-refractivity contribution is 5.80. The van der Waals surface area contributed by atoms with Crippen molar-refractivity contribution in [2.45, 2.75) is 275 Å². The highest BCUT2D eigenvalue weighted by Crippen LogP contribution is 2.26. The summed E-state index contributed by atoms with van der Waals surface area (Å²) >= 11 is 0.